The predicted molar refractivity (Wildman–Crippen MR) is 110 cm³/mol. The van der Waals surface area contributed by atoms with E-state index in [-0.39, 0.29) is 17.7 Å². The molecule has 1 amide bonds. The predicted octanol–water partition coefficient (Wildman–Crippen LogP) is 2.88. The maximum absolute atomic E-state index is 12.9. The first-order chi connectivity index (χ1) is 13.7. The second kappa shape index (κ2) is 8.47. The maximum Gasteiger partial charge on any atom is 0.225 e. The SMILES string of the molecule is CC(=O)c1c(C)nn(CCC(=O)N2CCn3nc(CCC(C)C)nc3[C@H]2C)c1C. The molecule has 3 heterocycles. The first-order valence-electron chi connectivity index (χ1n) is 10.5. The normalized spacial score (nSPS) is 16.4. The largest absolute Gasteiger partial charge is 0.331 e. The fourth-order valence-electron chi connectivity index (χ4n) is 4.05. The minimum absolute atomic E-state index is 0.00911. The first-order valence-corrected chi connectivity index (χ1v) is 10.5. The summed E-state index contributed by atoms with van der Waals surface area (Å²) in [7, 11) is 0. The number of hydrogen-bond donors (Lipinski definition) is 0. The summed E-state index contributed by atoms with van der Waals surface area (Å²) in [6.07, 6.45) is 2.28. The van der Waals surface area contributed by atoms with Crippen LogP contribution in [0.2, 0.25) is 0 Å². The van der Waals surface area contributed by atoms with E-state index in [0.29, 0.717) is 37.5 Å². The van der Waals surface area contributed by atoms with E-state index in [4.69, 9.17) is 4.98 Å². The lowest BCUT2D eigenvalue weighted by Crippen LogP contribution is -2.41. The summed E-state index contributed by atoms with van der Waals surface area (Å²) in [6.45, 7) is 13.4. The topological polar surface area (TPSA) is 85.9 Å². The molecule has 158 valence electrons. The monoisotopic (exact) mass is 400 g/mol. The Labute approximate surface area is 172 Å². The third-order valence-corrected chi connectivity index (χ3v) is 5.67. The summed E-state index contributed by atoms with van der Waals surface area (Å²) < 4.78 is 3.72. The standard InChI is InChI=1S/C21H32N6O2/c1-13(2)7-8-18-22-21-16(5)25(11-12-27(21)24-18)19(29)9-10-26-15(4)20(17(6)28)14(3)23-26/h13,16H,7-12H2,1-6H3/t16-/m1/s1. The van der Waals surface area contributed by atoms with Crippen LogP contribution in [0.4, 0.5) is 0 Å². The molecule has 0 spiro atoms. The number of carbonyl (C=O) groups excluding carboxylic acids is 2. The van der Waals surface area contributed by atoms with Crippen molar-refractivity contribution in [1.82, 2.24) is 29.4 Å². The van der Waals surface area contributed by atoms with Gasteiger partial charge in [-0.2, -0.15) is 10.2 Å². The molecular formula is C21H32N6O2. The number of fused-ring (bicyclic) bond motifs is 1. The average molecular weight is 401 g/mol. The van der Waals surface area contributed by atoms with Crippen LogP contribution in [-0.2, 0) is 24.3 Å². The maximum atomic E-state index is 12.9. The molecule has 3 rings (SSSR count). The Morgan fingerprint density at radius 1 is 1.17 bits per heavy atom. The molecule has 8 heteroatoms. The molecule has 0 saturated carbocycles. The lowest BCUT2D eigenvalue weighted by Gasteiger charge is -2.33. The molecule has 0 N–H and O–H groups in total. The molecular weight excluding hydrogens is 368 g/mol. The van der Waals surface area contributed by atoms with Gasteiger partial charge in [0, 0.05) is 31.6 Å². The van der Waals surface area contributed by atoms with Crippen LogP contribution in [0.5, 0.6) is 0 Å². The Bertz CT molecular complexity index is 911. The van der Waals surface area contributed by atoms with E-state index < -0.39 is 0 Å². The zero-order valence-electron chi connectivity index (χ0n) is 18.4. The molecule has 1 atom stereocenters. The summed E-state index contributed by atoms with van der Waals surface area (Å²) in [6, 6.07) is -0.0928. The summed E-state index contributed by atoms with van der Waals surface area (Å²) in [5.41, 5.74) is 2.20. The van der Waals surface area contributed by atoms with Gasteiger partial charge in [-0.05, 0) is 40.0 Å². The number of hydrogen-bond acceptors (Lipinski definition) is 5. The van der Waals surface area contributed by atoms with E-state index in [0.717, 1.165) is 35.9 Å². The number of ketones is 1. The molecule has 0 aliphatic carbocycles. The highest BCUT2D eigenvalue weighted by Crippen LogP contribution is 2.25. The van der Waals surface area contributed by atoms with Crippen LogP contribution >= 0.6 is 0 Å². The molecule has 1 aliphatic heterocycles. The fourth-order valence-corrected chi connectivity index (χ4v) is 4.05. The van der Waals surface area contributed by atoms with Gasteiger partial charge in [0.1, 0.15) is 5.82 Å². The molecule has 0 aromatic carbocycles. The van der Waals surface area contributed by atoms with Crippen molar-refractivity contribution >= 4 is 11.7 Å². The van der Waals surface area contributed by atoms with Gasteiger partial charge in [0.2, 0.25) is 5.91 Å². The second-order valence-electron chi connectivity index (χ2n) is 8.38. The number of nitrogens with zero attached hydrogens (tertiary/aromatic N) is 6. The van der Waals surface area contributed by atoms with Crippen LogP contribution in [0.3, 0.4) is 0 Å². The van der Waals surface area contributed by atoms with Crippen LogP contribution in [0, 0.1) is 19.8 Å². The van der Waals surface area contributed by atoms with Crippen LogP contribution < -0.4 is 0 Å². The van der Waals surface area contributed by atoms with Gasteiger partial charge in [-0.15, -0.1) is 0 Å². The second-order valence-corrected chi connectivity index (χ2v) is 8.38. The number of aromatic nitrogens is 5. The van der Waals surface area contributed by atoms with Gasteiger partial charge in [0.15, 0.2) is 11.6 Å². The van der Waals surface area contributed by atoms with E-state index >= 15 is 0 Å². The smallest absolute Gasteiger partial charge is 0.225 e. The van der Waals surface area contributed by atoms with Crippen LogP contribution in [-0.4, -0.2) is 47.7 Å². The molecule has 0 bridgehead atoms. The third-order valence-electron chi connectivity index (χ3n) is 5.67. The van der Waals surface area contributed by atoms with Gasteiger partial charge in [0.05, 0.1) is 23.8 Å². The van der Waals surface area contributed by atoms with Gasteiger partial charge in [-0.3, -0.25) is 14.3 Å². The van der Waals surface area contributed by atoms with Crippen molar-refractivity contribution in [1.29, 1.82) is 0 Å². The Hall–Kier alpha value is -2.51. The van der Waals surface area contributed by atoms with Crippen molar-refractivity contribution in [3.8, 4) is 0 Å². The molecule has 0 unspecified atom stereocenters. The van der Waals surface area contributed by atoms with Crippen molar-refractivity contribution < 1.29 is 9.59 Å². The summed E-state index contributed by atoms with van der Waals surface area (Å²) in [4.78, 5) is 31.3. The Balaban J connectivity index is 1.65. The highest BCUT2D eigenvalue weighted by molar-refractivity contribution is 5.96. The first kappa shape index (κ1) is 21.2. The van der Waals surface area contributed by atoms with Gasteiger partial charge >= 0.3 is 0 Å². The third kappa shape index (κ3) is 4.41. The van der Waals surface area contributed by atoms with Gasteiger partial charge in [-0.1, -0.05) is 13.8 Å². The molecule has 29 heavy (non-hydrogen) atoms. The highest BCUT2D eigenvalue weighted by Gasteiger charge is 2.30. The molecule has 2 aromatic rings. The molecule has 0 fully saturated rings. The number of aryl methyl sites for hydroxylation is 3. The lowest BCUT2D eigenvalue weighted by molar-refractivity contribution is -0.134. The highest BCUT2D eigenvalue weighted by atomic mass is 16.2. The van der Waals surface area contributed by atoms with Crippen LogP contribution in [0.25, 0.3) is 0 Å². The Morgan fingerprint density at radius 2 is 1.90 bits per heavy atom. The van der Waals surface area contributed by atoms with Crippen molar-refractivity contribution in [2.75, 3.05) is 6.54 Å². The molecule has 0 saturated heterocycles. The quantitative estimate of drug-likeness (QED) is 0.667. The number of carbonyl (C=O) groups is 2. The van der Waals surface area contributed by atoms with E-state index in [1.807, 2.05) is 30.4 Å². The van der Waals surface area contributed by atoms with E-state index in [9.17, 15) is 9.59 Å². The molecule has 2 aromatic heterocycles. The minimum atomic E-state index is -0.0928. The van der Waals surface area contributed by atoms with Crippen molar-refractivity contribution in [3.05, 3.63) is 28.6 Å². The fraction of sp³-hybridized carbons (Fsp3) is 0.667. The summed E-state index contributed by atoms with van der Waals surface area (Å²) in [5, 5.41) is 9.06. The molecule has 1 aliphatic rings. The number of amides is 1. The Morgan fingerprint density at radius 3 is 2.52 bits per heavy atom. The molecule has 0 radical (unpaired) electrons. The van der Waals surface area contributed by atoms with Crippen molar-refractivity contribution in [3.63, 3.8) is 0 Å². The summed E-state index contributed by atoms with van der Waals surface area (Å²) >= 11 is 0. The van der Waals surface area contributed by atoms with E-state index in [1.54, 1.807) is 11.6 Å². The number of rotatable bonds is 7. The van der Waals surface area contributed by atoms with Crippen LogP contribution in [0.15, 0.2) is 0 Å². The Kier molecular flexibility index (Phi) is 6.19. The zero-order chi connectivity index (χ0) is 21.3. The minimum Gasteiger partial charge on any atom is -0.331 e. The van der Waals surface area contributed by atoms with Gasteiger partial charge in [0.25, 0.3) is 0 Å². The lowest BCUT2D eigenvalue weighted by atomic mass is 10.1. The zero-order valence-corrected chi connectivity index (χ0v) is 18.4. The van der Waals surface area contributed by atoms with Gasteiger partial charge < -0.3 is 4.90 Å². The van der Waals surface area contributed by atoms with Crippen molar-refractivity contribution in [2.24, 2.45) is 5.92 Å². The molecule has 8 nitrogen and oxygen atoms in total. The average Bonchev–Trinajstić information content (AvgIpc) is 3.19. The number of Topliss-reactive ketones (excluding diaryl/α,β-unsaturated/α-hetero) is 1. The van der Waals surface area contributed by atoms with E-state index in [1.165, 1.54) is 0 Å². The van der Waals surface area contributed by atoms with Crippen LogP contribution in [0.1, 0.15) is 80.0 Å². The van der Waals surface area contributed by atoms with Gasteiger partial charge in [-0.25, -0.2) is 9.67 Å². The van der Waals surface area contributed by atoms with E-state index in [2.05, 4.69) is 24.0 Å². The van der Waals surface area contributed by atoms with Crippen molar-refractivity contribution in [2.45, 2.75) is 79.9 Å². The summed E-state index contributed by atoms with van der Waals surface area (Å²) in [5.74, 6) is 2.44.